The van der Waals surface area contributed by atoms with Crippen LogP contribution in [0.1, 0.15) is 16.9 Å². The molecule has 1 aromatic heterocycles. The van der Waals surface area contributed by atoms with Gasteiger partial charge in [-0.2, -0.15) is 0 Å². The van der Waals surface area contributed by atoms with E-state index in [-0.39, 0.29) is 0 Å². The van der Waals surface area contributed by atoms with Crippen LogP contribution < -0.4 is 4.74 Å². The topological polar surface area (TPSA) is 59.7 Å². The van der Waals surface area contributed by atoms with Crippen LogP contribution in [-0.4, -0.2) is 18.2 Å². The zero-order chi connectivity index (χ0) is 15.2. The molecule has 0 unspecified atom stereocenters. The summed E-state index contributed by atoms with van der Waals surface area (Å²) in [5.41, 5.74) is 1.88. The van der Waals surface area contributed by atoms with Crippen molar-refractivity contribution in [3.05, 3.63) is 53.5 Å². The number of benzene rings is 1. The predicted molar refractivity (Wildman–Crippen MR) is 82.7 cm³/mol. The van der Waals surface area contributed by atoms with Gasteiger partial charge in [0.25, 0.3) is 0 Å². The molecule has 110 valence electrons. The van der Waals surface area contributed by atoms with Gasteiger partial charge in [0.05, 0.1) is 13.4 Å². The number of rotatable bonds is 6. The molecule has 0 radical (unpaired) electrons. The van der Waals surface area contributed by atoms with E-state index in [1.165, 1.54) is 0 Å². The van der Waals surface area contributed by atoms with E-state index in [2.05, 4.69) is 0 Å². The minimum absolute atomic E-state index is 0.705. The highest BCUT2D eigenvalue weighted by Gasteiger charge is 2.07. The lowest BCUT2D eigenvalue weighted by Gasteiger charge is -2.08. The van der Waals surface area contributed by atoms with Gasteiger partial charge in [-0.15, -0.1) is 11.8 Å². The van der Waals surface area contributed by atoms with Gasteiger partial charge >= 0.3 is 5.97 Å². The zero-order valence-electron chi connectivity index (χ0n) is 11.8. The van der Waals surface area contributed by atoms with Gasteiger partial charge in [0.15, 0.2) is 0 Å². The Balaban J connectivity index is 2.22. The third-order valence-corrected chi connectivity index (χ3v) is 4.14. The molecule has 0 fully saturated rings. The standard InChI is InChI=1S/C16H16O4S/c1-11-15(7-8-20-11)21-10-13-9-14(19-2)5-3-12(13)4-6-16(17)18/h3-9H,10H2,1-2H3,(H,17,18)/b6-4+. The van der Waals surface area contributed by atoms with Crippen molar-refractivity contribution in [1.29, 1.82) is 0 Å². The monoisotopic (exact) mass is 304 g/mol. The molecular weight excluding hydrogens is 288 g/mol. The van der Waals surface area contributed by atoms with Gasteiger partial charge in [-0.25, -0.2) is 4.79 Å². The van der Waals surface area contributed by atoms with Gasteiger partial charge < -0.3 is 14.3 Å². The Morgan fingerprint density at radius 2 is 2.24 bits per heavy atom. The van der Waals surface area contributed by atoms with Gasteiger partial charge in [-0.1, -0.05) is 6.07 Å². The van der Waals surface area contributed by atoms with Gasteiger partial charge in [-0.3, -0.25) is 0 Å². The fourth-order valence-corrected chi connectivity index (χ4v) is 2.80. The number of furan rings is 1. The van der Waals surface area contributed by atoms with Crippen LogP contribution in [0.5, 0.6) is 5.75 Å². The molecule has 0 saturated heterocycles. The van der Waals surface area contributed by atoms with Crippen LogP contribution in [-0.2, 0) is 10.5 Å². The number of ether oxygens (including phenoxy) is 1. The van der Waals surface area contributed by atoms with Crippen LogP contribution in [0.25, 0.3) is 6.08 Å². The first-order chi connectivity index (χ1) is 10.1. The molecule has 0 amide bonds. The SMILES string of the molecule is COc1ccc(/C=C/C(=O)O)c(CSc2ccoc2C)c1. The zero-order valence-corrected chi connectivity index (χ0v) is 12.6. The van der Waals surface area contributed by atoms with Crippen LogP contribution in [0, 0.1) is 6.92 Å². The van der Waals surface area contributed by atoms with E-state index in [1.54, 1.807) is 31.2 Å². The van der Waals surface area contributed by atoms with Crippen molar-refractivity contribution in [2.24, 2.45) is 0 Å². The molecule has 0 bridgehead atoms. The quantitative estimate of drug-likeness (QED) is 0.646. The van der Waals surface area contributed by atoms with Crippen molar-refractivity contribution in [3.8, 4) is 5.75 Å². The average molecular weight is 304 g/mol. The Hall–Kier alpha value is -2.14. The largest absolute Gasteiger partial charge is 0.497 e. The van der Waals surface area contributed by atoms with Crippen molar-refractivity contribution in [2.45, 2.75) is 17.6 Å². The van der Waals surface area contributed by atoms with E-state index in [0.29, 0.717) is 5.75 Å². The van der Waals surface area contributed by atoms with E-state index in [9.17, 15) is 4.79 Å². The summed E-state index contributed by atoms with van der Waals surface area (Å²) < 4.78 is 10.5. The highest BCUT2D eigenvalue weighted by atomic mass is 32.2. The summed E-state index contributed by atoms with van der Waals surface area (Å²) in [5.74, 6) is 1.37. The van der Waals surface area contributed by atoms with Gasteiger partial charge in [-0.05, 0) is 42.3 Å². The molecule has 21 heavy (non-hydrogen) atoms. The molecule has 2 rings (SSSR count). The predicted octanol–water partition coefficient (Wildman–Crippen LogP) is 3.99. The Kier molecular flexibility index (Phi) is 5.11. The summed E-state index contributed by atoms with van der Waals surface area (Å²) in [6.45, 7) is 1.92. The van der Waals surface area contributed by atoms with Crippen molar-refractivity contribution < 1.29 is 19.1 Å². The highest BCUT2D eigenvalue weighted by Crippen LogP contribution is 2.30. The first-order valence-corrected chi connectivity index (χ1v) is 7.33. The maximum Gasteiger partial charge on any atom is 0.328 e. The fourth-order valence-electron chi connectivity index (χ4n) is 1.84. The lowest BCUT2D eigenvalue weighted by Crippen LogP contribution is -1.92. The third kappa shape index (κ3) is 4.16. The molecule has 1 N–H and O–H groups in total. The number of carboxylic acid groups (broad SMARTS) is 1. The summed E-state index contributed by atoms with van der Waals surface area (Å²) in [6.07, 6.45) is 4.40. The average Bonchev–Trinajstić information content (AvgIpc) is 2.88. The minimum atomic E-state index is -0.963. The minimum Gasteiger partial charge on any atom is -0.497 e. The summed E-state index contributed by atoms with van der Waals surface area (Å²) in [5, 5.41) is 8.75. The second kappa shape index (κ2) is 7.04. The Morgan fingerprint density at radius 1 is 1.43 bits per heavy atom. The summed E-state index contributed by atoms with van der Waals surface area (Å²) in [6, 6.07) is 7.52. The van der Waals surface area contributed by atoms with Gasteiger partial charge in [0.2, 0.25) is 0 Å². The maximum absolute atomic E-state index is 10.7. The van der Waals surface area contributed by atoms with E-state index < -0.39 is 5.97 Å². The number of thioether (sulfide) groups is 1. The summed E-state index contributed by atoms with van der Waals surface area (Å²) in [4.78, 5) is 11.7. The lowest BCUT2D eigenvalue weighted by molar-refractivity contribution is -0.131. The van der Waals surface area contributed by atoms with Crippen molar-refractivity contribution in [2.75, 3.05) is 7.11 Å². The smallest absolute Gasteiger partial charge is 0.328 e. The van der Waals surface area contributed by atoms with Crippen molar-refractivity contribution in [3.63, 3.8) is 0 Å². The molecule has 0 aliphatic rings. The number of carboxylic acids is 1. The Morgan fingerprint density at radius 3 is 2.86 bits per heavy atom. The van der Waals surface area contributed by atoms with E-state index in [1.807, 2.05) is 31.2 Å². The van der Waals surface area contributed by atoms with Gasteiger partial charge in [0.1, 0.15) is 11.5 Å². The van der Waals surface area contributed by atoms with E-state index in [0.717, 1.165) is 33.6 Å². The molecule has 1 heterocycles. The second-order valence-corrected chi connectivity index (χ2v) is 5.38. The normalized spacial score (nSPS) is 11.0. The van der Waals surface area contributed by atoms with Crippen LogP contribution >= 0.6 is 11.8 Å². The number of hydrogen-bond acceptors (Lipinski definition) is 4. The molecule has 0 saturated carbocycles. The maximum atomic E-state index is 10.7. The molecule has 1 aromatic carbocycles. The van der Waals surface area contributed by atoms with Crippen LogP contribution in [0.3, 0.4) is 0 Å². The number of hydrogen-bond donors (Lipinski definition) is 1. The highest BCUT2D eigenvalue weighted by molar-refractivity contribution is 7.98. The van der Waals surface area contributed by atoms with E-state index in [4.69, 9.17) is 14.3 Å². The molecule has 0 aliphatic heterocycles. The third-order valence-electron chi connectivity index (χ3n) is 2.95. The van der Waals surface area contributed by atoms with Crippen molar-refractivity contribution in [1.82, 2.24) is 0 Å². The Bertz CT molecular complexity index is 658. The number of carbonyl (C=O) groups is 1. The first kappa shape index (κ1) is 15.3. The second-order valence-electron chi connectivity index (χ2n) is 4.37. The van der Waals surface area contributed by atoms with Crippen LogP contribution in [0.15, 0.2) is 45.9 Å². The van der Waals surface area contributed by atoms with Crippen LogP contribution in [0.2, 0.25) is 0 Å². The number of methoxy groups -OCH3 is 1. The van der Waals surface area contributed by atoms with Crippen molar-refractivity contribution >= 4 is 23.8 Å². The molecule has 5 heteroatoms. The molecule has 0 atom stereocenters. The molecule has 4 nitrogen and oxygen atoms in total. The number of aliphatic carboxylic acids is 1. The number of aryl methyl sites for hydroxylation is 1. The van der Waals surface area contributed by atoms with E-state index >= 15 is 0 Å². The van der Waals surface area contributed by atoms with Gasteiger partial charge in [0, 0.05) is 16.7 Å². The fraction of sp³-hybridized carbons (Fsp3) is 0.188. The first-order valence-electron chi connectivity index (χ1n) is 6.35. The Labute approximate surface area is 127 Å². The molecular formula is C16H16O4S. The lowest BCUT2D eigenvalue weighted by atomic mass is 10.1. The summed E-state index contributed by atoms with van der Waals surface area (Å²) in [7, 11) is 1.61. The molecule has 0 aliphatic carbocycles. The van der Waals surface area contributed by atoms with Crippen LogP contribution in [0.4, 0.5) is 0 Å². The summed E-state index contributed by atoms with van der Waals surface area (Å²) >= 11 is 1.64. The molecule has 2 aromatic rings. The molecule has 0 spiro atoms.